The van der Waals surface area contributed by atoms with E-state index in [9.17, 15) is 4.79 Å². The van der Waals surface area contributed by atoms with Crippen molar-refractivity contribution in [2.24, 2.45) is 0 Å². The van der Waals surface area contributed by atoms with Gasteiger partial charge in [-0.15, -0.1) is 11.3 Å². The first-order valence-electron chi connectivity index (χ1n) is 8.75. The molecule has 2 heterocycles. The average Bonchev–Trinajstić information content (AvgIpc) is 3.32. The fourth-order valence-electron chi connectivity index (χ4n) is 3.14. The van der Waals surface area contributed by atoms with E-state index in [1.165, 1.54) is 11.3 Å². The SMILES string of the molecule is O=C1Nc2ccc3ncsc3c2/C1=C/Nc1ccc(Oc2ccccc2)cc1. The van der Waals surface area contributed by atoms with Gasteiger partial charge in [0.15, 0.2) is 0 Å². The average molecular weight is 385 g/mol. The number of carbonyl (C=O) groups excluding carboxylic acids is 1. The van der Waals surface area contributed by atoms with Gasteiger partial charge in [-0.3, -0.25) is 4.79 Å². The third kappa shape index (κ3) is 3.00. The van der Waals surface area contributed by atoms with Gasteiger partial charge in [-0.2, -0.15) is 0 Å². The zero-order chi connectivity index (χ0) is 18.9. The zero-order valence-corrected chi connectivity index (χ0v) is 15.5. The van der Waals surface area contributed by atoms with Crippen molar-refractivity contribution in [1.82, 2.24) is 4.98 Å². The van der Waals surface area contributed by atoms with Gasteiger partial charge in [0.05, 0.1) is 27.0 Å². The standard InChI is InChI=1S/C22H15N3O2S/c26-22-17(20-18(25-22)10-11-19-21(20)28-13-24-19)12-23-14-6-8-16(9-7-14)27-15-4-2-1-3-5-15/h1-13,23H,(H,25,26)/b17-12-. The summed E-state index contributed by atoms with van der Waals surface area (Å²) in [6, 6.07) is 21.1. The highest BCUT2D eigenvalue weighted by molar-refractivity contribution is 7.17. The second-order valence-corrected chi connectivity index (χ2v) is 7.14. The molecule has 0 radical (unpaired) electrons. The van der Waals surface area contributed by atoms with Crippen LogP contribution in [0.1, 0.15) is 5.56 Å². The number of nitrogens with zero attached hydrogens (tertiary/aromatic N) is 1. The number of fused-ring (bicyclic) bond motifs is 3. The van der Waals surface area contributed by atoms with E-state index in [2.05, 4.69) is 15.6 Å². The van der Waals surface area contributed by atoms with E-state index in [1.54, 1.807) is 11.7 Å². The Morgan fingerprint density at radius 1 is 0.964 bits per heavy atom. The van der Waals surface area contributed by atoms with Crippen LogP contribution >= 0.6 is 11.3 Å². The second kappa shape index (κ2) is 6.83. The van der Waals surface area contributed by atoms with Gasteiger partial charge in [0.2, 0.25) is 0 Å². The number of hydrogen-bond donors (Lipinski definition) is 2. The molecule has 136 valence electrons. The van der Waals surface area contributed by atoms with Gasteiger partial charge in [-0.25, -0.2) is 4.98 Å². The molecule has 0 spiro atoms. The van der Waals surface area contributed by atoms with Crippen molar-refractivity contribution in [1.29, 1.82) is 0 Å². The predicted molar refractivity (Wildman–Crippen MR) is 113 cm³/mol. The number of para-hydroxylation sites is 1. The minimum absolute atomic E-state index is 0.118. The number of rotatable bonds is 4. The van der Waals surface area contributed by atoms with Gasteiger partial charge in [0.25, 0.3) is 5.91 Å². The number of aromatic nitrogens is 1. The maximum Gasteiger partial charge on any atom is 0.257 e. The van der Waals surface area contributed by atoms with Gasteiger partial charge in [-0.1, -0.05) is 18.2 Å². The quantitative estimate of drug-likeness (QED) is 0.456. The number of carbonyl (C=O) groups is 1. The van der Waals surface area contributed by atoms with Crippen LogP contribution in [-0.4, -0.2) is 10.9 Å². The molecule has 28 heavy (non-hydrogen) atoms. The van der Waals surface area contributed by atoms with E-state index in [4.69, 9.17) is 4.74 Å². The van der Waals surface area contributed by atoms with Crippen molar-refractivity contribution in [3.05, 3.63) is 84.0 Å². The molecule has 0 atom stereocenters. The molecule has 0 fully saturated rings. The molecule has 3 aromatic carbocycles. The van der Waals surface area contributed by atoms with Crippen LogP contribution in [0, 0.1) is 0 Å². The van der Waals surface area contributed by atoms with E-state index in [-0.39, 0.29) is 5.91 Å². The van der Waals surface area contributed by atoms with Crippen LogP contribution in [0.3, 0.4) is 0 Å². The summed E-state index contributed by atoms with van der Waals surface area (Å²) in [6.45, 7) is 0. The van der Waals surface area contributed by atoms with Crippen molar-refractivity contribution < 1.29 is 9.53 Å². The van der Waals surface area contributed by atoms with E-state index in [0.29, 0.717) is 5.57 Å². The van der Waals surface area contributed by atoms with Crippen molar-refractivity contribution in [3.63, 3.8) is 0 Å². The topological polar surface area (TPSA) is 63.2 Å². The van der Waals surface area contributed by atoms with Crippen LogP contribution < -0.4 is 15.4 Å². The van der Waals surface area contributed by atoms with Gasteiger partial charge in [0, 0.05) is 17.5 Å². The summed E-state index contributed by atoms with van der Waals surface area (Å²) in [4.78, 5) is 16.8. The maximum absolute atomic E-state index is 12.4. The zero-order valence-electron chi connectivity index (χ0n) is 14.7. The molecule has 5 rings (SSSR count). The monoisotopic (exact) mass is 385 g/mol. The molecule has 1 amide bonds. The van der Waals surface area contributed by atoms with Crippen molar-refractivity contribution >= 4 is 44.4 Å². The molecule has 0 bridgehead atoms. The Hall–Kier alpha value is -3.64. The molecule has 6 heteroatoms. The van der Waals surface area contributed by atoms with Crippen molar-refractivity contribution in [2.75, 3.05) is 10.6 Å². The van der Waals surface area contributed by atoms with E-state index < -0.39 is 0 Å². The minimum atomic E-state index is -0.118. The first kappa shape index (κ1) is 16.5. The summed E-state index contributed by atoms with van der Waals surface area (Å²) >= 11 is 1.53. The maximum atomic E-state index is 12.4. The van der Waals surface area contributed by atoms with Crippen molar-refractivity contribution in [2.45, 2.75) is 0 Å². The molecule has 1 aliphatic heterocycles. The number of thiazole rings is 1. The van der Waals surface area contributed by atoms with Gasteiger partial charge < -0.3 is 15.4 Å². The minimum Gasteiger partial charge on any atom is -0.457 e. The molecule has 4 aromatic rings. The lowest BCUT2D eigenvalue weighted by molar-refractivity contribution is -0.110. The fraction of sp³-hybridized carbons (Fsp3) is 0. The highest BCUT2D eigenvalue weighted by Crippen LogP contribution is 2.39. The Bertz CT molecular complexity index is 1200. The summed E-state index contributed by atoms with van der Waals surface area (Å²) in [6.07, 6.45) is 1.74. The summed E-state index contributed by atoms with van der Waals surface area (Å²) in [7, 11) is 0. The van der Waals surface area contributed by atoms with Gasteiger partial charge in [0.1, 0.15) is 11.5 Å². The molecular formula is C22H15N3O2S. The Balaban J connectivity index is 1.38. The molecule has 1 aromatic heterocycles. The third-order valence-electron chi connectivity index (χ3n) is 4.48. The molecular weight excluding hydrogens is 370 g/mol. The molecule has 0 unspecified atom stereocenters. The Labute approximate surface area is 165 Å². The number of benzene rings is 3. The fourth-order valence-corrected chi connectivity index (χ4v) is 3.99. The summed E-state index contributed by atoms with van der Waals surface area (Å²) in [5.74, 6) is 1.42. The summed E-state index contributed by atoms with van der Waals surface area (Å²) in [5.41, 5.74) is 5.89. The summed E-state index contributed by atoms with van der Waals surface area (Å²) < 4.78 is 6.81. The number of anilines is 2. The Morgan fingerprint density at radius 2 is 1.75 bits per heavy atom. The number of hydrogen-bond acceptors (Lipinski definition) is 5. The summed E-state index contributed by atoms with van der Waals surface area (Å²) in [5, 5.41) is 6.13. The van der Waals surface area contributed by atoms with E-state index in [1.807, 2.05) is 66.7 Å². The Kier molecular flexibility index (Phi) is 4.03. The normalized spacial score (nSPS) is 14.1. The second-order valence-electron chi connectivity index (χ2n) is 6.28. The van der Waals surface area contributed by atoms with Crippen LogP contribution in [0.15, 0.2) is 78.4 Å². The van der Waals surface area contributed by atoms with E-state index >= 15 is 0 Å². The van der Waals surface area contributed by atoms with Crippen LogP contribution in [-0.2, 0) is 4.79 Å². The van der Waals surface area contributed by atoms with Crippen molar-refractivity contribution in [3.8, 4) is 11.5 Å². The van der Waals surface area contributed by atoms with Crippen LogP contribution in [0.25, 0.3) is 15.8 Å². The number of ether oxygens (including phenoxy) is 1. The Morgan fingerprint density at radius 3 is 2.57 bits per heavy atom. The van der Waals surface area contributed by atoms with Crippen LogP contribution in [0.4, 0.5) is 11.4 Å². The molecule has 0 saturated heterocycles. The molecule has 1 aliphatic rings. The first-order chi connectivity index (χ1) is 13.8. The smallest absolute Gasteiger partial charge is 0.257 e. The molecule has 2 N–H and O–H groups in total. The molecule has 0 saturated carbocycles. The lowest BCUT2D eigenvalue weighted by Crippen LogP contribution is -2.05. The largest absolute Gasteiger partial charge is 0.457 e. The van der Waals surface area contributed by atoms with Gasteiger partial charge >= 0.3 is 0 Å². The lowest BCUT2D eigenvalue weighted by Gasteiger charge is -2.07. The highest BCUT2D eigenvalue weighted by Gasteiger charge is 2.27. The number of amides is 1. The third-order valence-corrected chi connectivity index (χ3v) is 5.34. The van der Waals surface area contributed by atoms with Crippen LogP contribution in [0.5, 0.6) is 11.5 Å². The molecule has 0 aliphatic carbocycles. The lowest BCUT2D eigenvalue weighted by atomic mass is 10.1. The number of nitrogens with one attached hydrogen (secondary N) is 2. The van der Waals surface area contributed by atoms with E-state index in [0.717, 1.165) is 38.7 Å². The predicted octanol–water partition coefficient (Wildman–Crippen LogP) is 5.49. The van der Waals surface area contributed by atoms with Gasteiger partial charge in [-0.05, 0) is 48.5 Å². The molecule has 5 nitrogen and oxygen atoms in total. The highest BCUT2D eigenvalue weighted by atomic mass is 32.1. The first-order valence-corrected chi connectivity index (χ1v) is 9.63. The van der Waals surface area contributed by atoms with Crippen LogP contribution in [0.2, 0.25) is 0 Å².